The number of alkyl halides is 2. The van der Waals surface area contributed by atoms with Gasteiger partial charge in [-0.05, 0) is 12.1 Å². The fraction of sp³-hybridized carbons (Fsp3) is 0.455. The average Bonchev–Trinajstić information content (AvgIpc) is 2.84. The minimum absolute atomic E-state index is 0.0933. The molecule has 0 aliphatic carbocycles. The molecule has 0 aliphatic heterocycles. The number of carboxylic acid groups (broad SMARTS) is 1. The summed E-state index contributed by atoms with van der Waals surface area (Å²) in [5.41, 5.74) is 0. The van der Waals surface area contributed by atoms with Crippen LogP contribution in [-0.4, -0.2) is 40.5 Å². The molecule has 0 saturated carbocycles. The van der Waals surface area contributed by atoms with Gasteiger partial charge in [-0.3, -0.25) is 4.79 Å². The Balaban J connectivity index is 2.60. The lowest BCUT2D eigenvalue weighted by atomic mass is 10.2. The van der Waals surface area contributed by atoms with Crippen LogP contribution in [0, 0.1) is 0 Å². The minimum atomic E-state index is -2.54. The highest BCUT2D eigenvalue weighted by Crippen LogP contribution is 2.21. The summed E-state index contributed by atoms with van der Waals surface area (Å²) in [5, 5.41) is 19.7. The third-order valence-electron chi connectivity index (χ3n) is 2.26. The van der Waals surface area contributed by atoms with Crippen LogP contribution >= 0.6 is 11.8 Å². The zero-order valence-corrected chi connectivity index (χ0v) is 11.0. The molecule has 112 valence electrons. The predicted molar refractivity (Wildman–Crippen MR) is 66.6 cm³/mol. The highest BCUT2D eigenvalue weighted by molar-refractivity contribution is 7.98. The third-order valence-corrected chi connectivity index (χ3v) is 2.96. The zero-order valence-electron chi connectivity index (χ0n) is 10.2. The van der Waals surface area contributed by atoms with Crippen LogP contribution in [0.15, 0.2) is 16.5 Å². The Hall–Kier alpha value is -1.61. The molecule has 0 saturated heterocycles. The van der Waals surface area contributed by atoms with Crippen LogP contribution in [0.4, 0.5) is 8.78 Å². The Bertz CT molecular complexity index is 465. The molecule has 0 bridgehead atoms. The highest BCUT2D eigenvalue weighted by Gasteiger charge is 2.21. The standard InChI is InChI=1S/C11H13F2NO5S/c12-11(13)20-5-6-1-2-8(19-6)9(16)14-7(3-4-15)10(17)18/h1-2,7,11,15H,3-5H2,(H,14,16)(H,17,18)/t7-/m0/s1. The molecule has 0 aromatic carbocycles. The normalized spacial score (nSPS) is 12.4. The van der Waals surface area contributed by atoms with Crippen LogP contribution < -0.4 is 5.32 Å². The number of carbonyl (C=O) groups is 2. The van der Waals surface area contributed by atoms with Gasteiger partial charge in [0.1, 0.15) is 11.8 Å². The number of rotatable bonds is 8. The number of thioether (sulfide) groups is 1. The molecule has 0 aliphatic rings. The fourth-order valence-electron chi connectivity index (χ4n) is 1.34. The lowest BCUT2D eigenvalue weighted by molar-refractivity contribution is -0.139. The number of hydrogen-bond acceptors (Lipinski definition) is 5. The number of carbonyl (C=O) groups excluding carboxylic acids is 1. The second-order valence-electron chi connectivity index (χ2n) is 3.71. The van der Waals surface area contributed by atoms with Crippen molar-refractivity contribution in [2.45, 2.75) is 24.0 Å². The molecule has 1 atom stereocenters. The molecule has 0 unspecified atom stereocenters. The summed E-state index contributed by atoms with van der Waals surface area (Å²) in [7, 11) is 0. The van der Waals surface area contributed by atoms with E-state index < -0.39 is 30.3 Å². The molecule has 0 fully saturated rings. The number of aliphatic hydroxyl groups excluding tert-OH is 1. The summed E-state index contributed by atoms with van der Waals surface area (Å²) < 4.78 is 29.0. The summed E-state index contributed by atoms with van der Waals surface area (Å²) in [6.07, 6.45) is -0.143. The molecule has 0 spiro atoms. The van der Waals surface area contributed by atoms with Crippen molar-refractivity contribution in [1.29, 1.82) is 0 Å². The number of amides is 1. The van der Waals surface area contributed by atoms with Crippen molar-refractivity contribution in [2.24, 2.45) is 0 Å². The van der Waals surface area contributed by atoms with Gasteiger partial charge in [-0.25, -0.2) is 4.79 Å². The molecule has 1 rings (SSSR count). The lowest BCUT2D eigenvalue weighted by Crippen LogP contribution is -2.41. The summed E-state index contributed by atoms with van der Waals surface area (Å²) in [6, 6.07) is 1.40. The first-order valence-corrected chi connectivity index (χ1v) is 6.62. The van der Waals surface area contributed by atoms with Crippen LogP contribution in [0.1, 0.15) is 22.7 Å². The van der Waals surface area contributed by atoms with Gasteiger partial charge < -0.3 is 19.9 Å². The number of halogens is 2. The predicted octanol–water partition coefficient (Wildman–Crippen LogP) is 1.30. The maximum absolute atomic E-state index is 12.0. The van der Waals surface area contributed by atoms with E-state index in [1.165, 1.54) is 12.1 Å². The smallest absolute Gasteiger partial charge is 0.326 e. The van der Waals surface area contributed by atoms with Crippen LogP contribution in [-0.2, 0) is 10.5 Å². The minimum Gasteiger partial charge on any atom is -0.480 e. The Labute approximate surface area is 117 Å². The van der Waals surface area contributed by atoms with Crippen molar-refractivity contribution >= 4 is 23.6 Å². The number of aliphatic carboxylic acids is 1. The molecule has 3 N–H and O–H groups in total. The van der Waals surface area contributed by atoms with Gasteiger partial charge in [-0.2, -0.15) is 8.78 Å². The van der Waals surface area contributed by atoms with Gasteiger partial charge in [0.25, 0.3) is 11.7 Å². The highest BCUT2D eigenvalue weighted by atomic mass is 32.2. The second kappa shape index (κ2) is 7.85. The van der Waals surface area contributed by atoms with Gasteiger partial charge >= 0.3 is 5.97 Å². The Morgan fingerprint density at radius 3 is 2.65 bits per heavy atom. The van der Waals surface area contributed by atoms with Crippen LogP contribution in [0.2, 0.25) is 0 Å². The number of carboxylic acids is 1. The van der Waals surface area contributed by atoms with Gasteiger partial charge in [0.2, 0.25) is 0 Å². The molecular formula is C11H13F2NO5S. The van der Waals surface area contributed by atoms with Gasteiger partial charge in [0.05, 0.1) is 5.75 Å². The summed E-state index contributed by atoms with van der Waals surface area (Å²) in [5.74, 6) is -4.68. The Morgan fingerprint density at radius 2 is 2.10 bits per heavy atom. The van der Waals surface area contributed by atoms with Crippen molar-refractivity contribution in [3.05, 3.63) is 23.7 Å². The molecule has 6 nitrogen and oxygen atoms in total. The van der Waals surface area contributed by atoms with E-state index in [9.17, 15) is 18.4 Å². The molecule has 1 aromatic rings. The quantitative estimate of drug-likeness (QED) is 0.669. The largest absolute Gasteiger partial charge is 0.480 e. The van der Waals surface area contributed by atoms with Crippen molar-refractivity contribution in [2.75, 3.05) is 6.61 Å². The molecule has 9 heteroatoms. The second-order valence-corrected chi connectivity index (χ2v) is 4.69. The van der Waals surface area contributed by atoms with Crippen molar-refractivity contribution in [3.63, 3.8) is 0 Å². The van der Waals surface area contributed by atoms with Gasteiger partial charge in [0, 0.05) is 13.0 Å². The summed E-state index contributed by atoms with van der Waals surface area (Å²) >= 11 is 0.350. The molecule has 20 heavy (non-hydrogen) atoms. The van der Waals surface area contributed by atoms with Gasteiger partial charge in [-0.1, -0.05) is 11.8 Å². The number of furan rings is 1. The van der Waals surface area contributed by atoms with Crippen molar-refractivity contribution in [1.82, 2.24) is 5.32 Å². The molecule has 1 aromatic heterocycles. The van der Waals surface area contributed by atoms with Gasteiger partial charge in [-0.15, -0.1) is 0 Å². The van der Waals surface area contributed by atoms with E-state index in [1.54, 1.807) is 0 Å². The Kier molecular flexibility index (Phi) is 6.46. The number of hydrogen-bond donors (Lipinski definition) is 3. The Morgan fingerprint density at radius 1 is 1.40 bits per heavy atom. The maximum atomic E-state index is 12.0. The van der Waals surface area contributed by atoms with E-state index >= 15 is 0 Å². The third kappa shape index (κ3) is 5.17. The average molecular weight is 309 g/mol. The monoisotopic (exact) mass is 309 g/mol. The van der Waals surface area contributed by atoms with Crippen molar-refractivity contribution < 1.29 is 33.0 Å². The molecule has 0 radical (unpaired) electrons. The van der Waals surface area contributed by atoms with Crippen LogP contribution in [0.5, 0.6) is 0 Å². The lowest BCUT2D eigenvalue weighted by Gasteiger charge is -2.11. The van der Waals surface area contributed by atoms with E-state index in [2.05, 4.69) is 5.32 Å². The summed E-state index contributed by atoms with van der Waals surface area (Å²) in [4.78, 5) is 22.5. The summed E-state index contributed by atoms with van der Waals surface area (Å²) in [6.45, 7) is -0.397. The first-order valence-electron chi connectivity index (χ1n) is 5.57. The first kappa shape index (κ1) is 16.4. The first-order chi connectivity index (χ1) is 9.43. The van der Waals surface area contributed by atoms with Crippen LogP contribution in [0.25, 0.3) is 0 Å². The van der Waals surface area contributed by atoms with E-state index in [4.69, 9.17) is 14.6 Å². The SMILES string of the molecule is O=C(N[C@@H](CCO)C(=O)O)c1ccc(CSC(F)F)o1. The number of aliphatic hydroxyl groups is 1. The number of nitrogens with one attached hydrogen (secondary N) is 1. The van der Waals surface area contributed by atoms with E-state index in [0.717, 1.165) is 0 Å². The van der Waals surface area contributed by atoms with Crippen molar-refractivity contribution in [3.8, 4) is 0 Å². The van der Waals surface area contributed by atoms with E-state index in [0.29, 0.717) is 11.8 Å². The zero-order chi connectivity index (χ0) is 15.1. The van der Waals surface area contributed by atoms with Crippen LogP contribution in [0.3, 0.4) is 0 Å². The molecule has 1 heterocycles. The fourth-order valence-corrected chi connectivity index (χ4v) is 1.78. The van der Waals surface area contributed by atoms with Gasteiger partial charge in [0.15, 0.2) is 5.76 Å². The molecular weight excluding hydrogens is 296 g/mol. The van der Waals surface area contributed by atoms with E-state index in [-0.39, 0.29) is 23.7 Å². The maximum Gasteiger partial charge on any atom is 0.326 e. The van der Waals surface area contributed by atoms with E-state index in [1.807, 2.05) is 0 Å². The topological polar surface area (TPSA) is 99.8 Å². The molecule has 1 amide bonds.